The highest BCUT2D eigenvalue weighted by Gasteiger charge is 1.80. The lowest BCUT2D eigenvalue weighted by molar-refractivity contribution is 0.200. The van der Waals surface area contributed by atoms with Crippen molar-refractivity contribution in [3.05, 3.63) is 0 Å². The molecule has 0 bridgehead atoms. The van der Waals surface area contributed by atoms with Crippen LogP contribution in [0.15, 0.2) is 0 Å². The molecule has 0 amide bonds. The van der Waals surface area contributed by atoms with Crippen molar-refractivity contribution in [2.24, 2.45) is 0 Å². The number of thiocarbonyl (C=S) groups is 1. The molecule has 0 spiro atoms. The van der Waals surface area contributed by atoms with Crippen molar-refractivity contribution in [2.75, 3.05) is 7.11 Å². The molecule has 0 heterocycles. The minimum Gasteiger partial charge on any atom is -0.473 e. The lowest BCUT2D eigenvalue weighted by Crippen LogP contribution is -2.17. The van der Waals surface area contributed by atoms with Crippen LogP contribution in [0.2, 0.25) is 0 Å². The van der Waals surface area contributed by atoms with Gasteiger partial charge in [0.25, 0.3) is 5.17 Å². The Bertz CT molecular complexity index is 49.5. The Morgan fingerprint density at radius 3 is 2.50 bits per heavy atom. The molecule has 0 aromatic carbocycles. The van der Waals surface area contributed by atoms with Crippen LogP contribution in [0, 0.1) is 0 Å². The van der Waals surface area contributed by atoms with Crippen molar-refractivity contribution >= 4 is 17.4 Å². The smallest absolute Gasteiger partial charge is 0.280 e. The van der Waals surface area contributed by atoms with Gasteiger partial charge in [0.05, 0.1) is 7.11 Å². The SMILES string of the molecule is COC(=S)NO. The Morgan fingerprint density at radius 1 is 2.00 bits per heavy atom. The summed E-state index contributed by atoms with van der Waals surface area (Å²) in [7, 11) is 1.37. The monoisotopic (exact) mass is 107 g/mol. The molecular formula is C2H5NO2S. The van der Waals surface area contributed by atoms with Gasteiger partial charge < -0.3 is 4.74 Å². The summed E-state index contributed by atoms with van der Waals surface area (Å²) in [6.45, 7) is 0. The molecule has 0 aliphatic carbocycles. The number of hydroxylamine groups is 1. The normalized spacial score (nSPS) is 7.00. The average Bonchev–Trinajstić information content (AvgIpc) is 1.65. The summed E-state index contributed by atoms with van der Waals surface area (Å²) in [5, 5.41) is 7.80. The fraction of sp³-hybridized carbons (Fsp3) is 0.500. The molecule has 0 fully saturated rings. The van der Waals surface area contributed by atoms with Gasteiger partial charge in [0, 0.05) is 0 Å². The molecule has 0 aromatic heterocycles. The van der Waals surface area contributed by atoms with E-state index in [1.54, 1.807) is 5.48 Å². The second kappa shape index (κ2) is 2.87. The van der Waals surface area contributed by atoms with Gasteiger partial charge >= 0.3 is 0 Å². The number of hydrogen-bond acceptors (Lipinski definition) is 3. The van der Waals surface area contributed by atoms with Crippen LogP contribution in [0.5, 0.6) is 0 Å². The van der Waals surface area contributed by atoms with E-state index in [2.05, 4.69) is 17.0 Å². The summed E-state index contributed by atoms with van der Waals surface area (Å²) in [6.07, 6.45) is 0. The van der Waals surface area contributed by atoms with Gasteiger partial charge in [-0.15, -0.1) is 0 Å². The maximum Gasteiger partial charge on any atom is 0.280 e. The highest BCUT2D eigenvalue weighted by molar-refractivity contribution is 7.80. The van der Waals surface area contributed by atoms with Gasteiger partial charge in [0.1, 0.15) is 0 Å². The largest absolute Gasteiger partial charge is 0.473 e. The predicted octanol–water partition coefficient (Wildman–Crippen LogP) is -0.104. The van der Waals surface area contributed by atoms with Gasteiger partial charge in [-0.25, -0.2) is 5.48 Å². The summed E-state index contributed by atoms with van der Waals surface area (Å²) in [6, 6.07) is 0. The minimum absolute atomic E-state index is 0.0185. The van der Waals surface area contributed by atoms with Crippen molar-refractivity contribution in [3.8, 4) is 0 Å². The van der Waals surface area contributed by atoms with E-state index < -0.39 is 0 Å². The molecule has 3 nitrogen and oxygen atoms in total. The summed E-state index contributed by atoms with van der Waals surface area (Å²) in [5.41, 5.74) is 1.62. The van der Waals surface area contributed by atoms with E-state index in [0.29, 0.717) is 0 Å². The van der Waals surface area contributed by atoms with Crippen LogP contribution in [-0.4, -0.2) is 17.5 Å². The van der Waals surface area contributed by atoms with Crippen molar-refractivity contribution in [2.45, 2.75) is 0 Å². The van der Waals surface area contributed by atoms with E-state index in [-0.39, 0.29) is 5.17 Å². The third-order valence-corrected chi connectivity index (χ3v) is 0.535. The molecule has 0 radical (unpaired) electrons. The highest BCUT2D eigenvalue weighted by atomic mass is 32.1. The molecule has 36 valence electrons. The van der Waals surface area contributed by atoms with E-state index >= 15 is 0 Å². The first-order valence-corrected chi connectivity index (χ1v) is 1.70. The van der Waals surface area contributed by atoms with Gasteiger partial charge in [-0.1, -0.05) is 0 Å². The van der Waals surface area contributed by atoms with Crippen LogP contribution in [0.25, 0.3) is 0 Å². The van der Waals surface area contributed by atoms with Crippen molar-refractivity contribution in [1.82, 2.24) is 5.48 Å². The lowest BCUT2D eigenvalue weighted by atomic mass is 11.3. The van der Waals surface area contributed by atoms with Crippen LogP contribution in [0.3, 0.4) is 0 Å². The fourth-order valence-corrected chi connectivity index (χ4v) is 0.0456. The molecule has 0 saturated carbocycles. The molecule has 6 heavy (non-hydrogen) atoms. The van der Waals surface area contributed by atoms with Crippen molar-refractivity contribution in [3.63, 3.8) is 0 Å². The highest BCUT2D eigenvalue weighted by Crippen LogP contribution is 1.64. The topological polar surface area (TPSA) is 41.5 Å². The summed E-state index contributed by atoms with van der Waals surface area (Å²) in [5.74, 6) is 0. The molecule has 2 N–H and O–H groups in total. The number of nitrogens with one attached hydrogen (secondary N) is 1. The summed E-state index contributed by atoms with van der Waals surface area (Å²) in [4.78, 5) is 0. The van der Waals surface area contributed by atoms with Crippen LogP contribution < -0.4 is 5.48 Å². The summed E-state index contributed by atoms with van der Waals surface area (Å²) >= 11 is 4.27. The maximum absolute atomic E-state index is 7.82. The van der Waals surface area contributed by atoms with Crippen LogP contribution in [0.1, 0.15) is 0 Å². The maximum atomic E-state index is 7.82. The molecule has 0 aliphatic heterocycles. The number of ether oxygens (including phenoxy) is 1. The Labute approximate surface area is 40.9 Å². The number of hydrogen-bond donors (Lipinski definition) is 2. The van der Waals surface area contributed by atoms with E-state index in [0.717, 1.165) is 0 Å². The van der Waals surface area contributed by atoms with E-state index in [1.807, 2.05) is 0 Å². The first-order chi connectivity index (χ1) is 2.81. The summed E-state index contributed by atoms with van der Waals surface area (Å²) < 4.78 is 4.27. The Hall–Kier alpha value is -0.350. The molecule has 0 atom stereocenters. The molecule has 0 aromatic rings. The Morgan fingerprint density at radius 2 is 2.50 bits per heavy atom. The molecule has 4 heteroatoms. The predicted molar refractivity (Wildman–Crippen MR) is 24.5 cm³/mol. The van der Waals surface area contributed by atoms with E-state index in [1.165, 1.54) is 7.11 Å². The first kappa shape index (κ1) is 5.65. The van der Waals surface area contributed by atoms with Gasteiger partial charge in [-0.05, 0) is 12.2 Å². The first-order valence-electron chi connectivity index (χ1n) is 1.29. The van der Waals surface area contributed by atoms with Crippen LogP contribution in [-0.2, 0) is 4.74 Å². The second-order valence-corrected chi connectivity index (χ2v) is 0.974. The molecule has 0 saturated heterocycles. The minimum atomic E-state index is -0.0185. The lowest BCUT2D eigenvalue weighted by Gasteiger charge is -1.93. The number of methoxy groups -OCH3 is 1. The van der Waals surface area contributed by atoms with Gasteiger partial charge in [-0.2, -0.15) is 0 Å². The molecule has 0 unspecified atom stereocenters. The standard InChI is InChI=1S/C2H5NO2S/c1-5-2(6)3-4/h4H,1H3,(H,3,6). The quantitative estimate of drug-likeness (QED) is 0.335. The number of rotatable bonds is 0. The zero-order valence-corrected chi connectivity index (χ0v) is 4.08. The van der Waals surface area contributed by atoms with Gasteiger partial charge in [0.15, 0.2) is 0 Å². The average molecular weight is 107 g/mol. The molecule has 0 rings (SSSR count). The fourth-order valence-electron chi connectivity index (χ4n) is 0.0456. The third kappa shape index (κ3) is 1.92. The zero-order valence-electron chi connectivity index (χ0n) is 3.26. The van der Waals surface area contributed by atoms with Gasteiger partial charge in [-0.3, -0.25) is 5.21 Å². The van der Waals surface area contributed by atoms with Crippen LogP contribution in [0.4, 0.5) is 0 Å². The van der Waals surface area contributed by atoms with Crippen molar-refractivity contribution < 1.29 is 9.94 Å². The Kier molecular flexibility index (Phi) is 2.70. The Balaban J connectivity index is 2.99. The second-order valence-electron chi connectivity index (χ2n) is 0.603. The molecular weight excluding hydrogens is 102 g/mol. The van der Waals surface area contributed by atoms with Crippen molar-refractivity contribution in [1.29, 1.82) is 0 Å². The van der Waals surface area contributed by atoms with Crippen LogP contribution >= 0.6 is 12.2 Å². The van der Waals surface area contributed by atoms with Gasteiger partial charge in [0.2, 0.25) is 0 Å². The zero-order chi connectivity index (χ0) is 4.99. The third-order valence-electron chi connectivity index (χ3n) is 0.277. The molecule has 0 aliphatic rings. The van der Waals surface area contributed by atoms with E-state index in [9.17, 15) is 0 Å². The van der Waals surface area contributed by atoms with E-state index in [4.69, 9.17) is 5.21 Å².